The van der Waals surface area contributed by atoms with Gasteiger partial charge < -0.3 is 21.5 Å². The third-order valence-corrected chi connectivity index (χ3v) is 0. The maximum Gasteiger partial charge on any atom is 3.00 e. The van der Waals surface area contributed by atoms with E-state index in [1.165, 1.54) is 0 Å². The van der Waals surface area contributed by atoms with Crippen LogP contribution in [0.2, 0.25) is 0 Å². The summed E-state index contributed by atoms with van der Waals surface area (Å²) in [5, 5.41) is 0. The largest absolute Gasteiger partial charge is 3.00 e. The minimum absolute atomic E-state index is 0. The minimum atomic E-state index is -5.17. The quantitative estimate of drug-likeness (QED) is 0.214. The summed E-state index contributed by atoms with van der Waals surface area (Å²) >= 11 is 0. The van der Waals surface area contributed by atoms with Crippen molar-refractivity contribution in [1.29, 1.82) is 0 Å². The molecule has 0 saturated heterocycles. The molecule has 0 aromatic rings. The maximum absolute atomic E-state index is 8.52. The Kier molecular flexibility index (Phi) is 11.2. The molecule has 41 valence electrons. The normalized spacial score (nSPS) is 8.29. The van der Waals surface area contributed by atoms with Crippen LogP contribution in [0, 0.1) is 0 Å². The molecule has 0 aliphatic carbocycles. The van der Waals surface area contributed by atoms with Gasteiger partial charge in [-0.1, -0.05) is 0 Å². The fraction of sp³-hybridized carbons (Fsp3) is 0. The van der Waals surface area contributed by atoms with Crippen LogP contribution >= 0.6 is 0 Å². The maximum atomic E-state index is 8.52. The molecule has 0 bridgehead atoms. The molecule has 0 aliphatic rings. The van der Waals surface area contributed by atoms with Crippen molar-refractivity contribution in [1.82, 2.24) is 0 Å². The first kappa shape index (κ1) is 15.7. The van der Waals surface area contributed by atoms with E-state index in [4.69, 9.17) is 17.5 Å². The third kappa shape index (κ3) is 214. The molecule has 1 radical (unpaired) electrons. The van der Waals surface area contributed by atoms with E-state index in [9.17, 15) is 0 Å². The number of halogens is 1. The Morgan fingerprint density at radius 2 is 1.14 bits per heavy atom. The van der Waals surface area contributed by atoms with Gasteiger partial charge in [0.15, 0.2) is 0 Å². The topological polar surface area (TPSA) is 80.3 Å². The molecule has 0 unspecified atom stereocenters. The molecule has 4 nitrogen and oxygen atoms in total. The zero-order chi connectivity index (χ0) is 4.50. The van der Waals surface area contributed by atoms with Crippen molar-refractivity contribution in [3.63, 3.8) is 0 Å². The van der Waals surface area contributed by atoms with Gasteiger partial charge >= 0.3 is 21.7 Å². The summed E-state index contributed by atoms with van der Waals surface area (Å²) in [5.74, 6) is 0. The van der Waals surface area contributed by atoms with Crippen LogP contribution in [0.4, 0.5) is 0 Å². The van der Waals surface area contributed by atoms with Gasteiger partial charge in [-0.15, -0.1) is 0 Å². The first-order chi connectivity index (χ1) is 2.00. The van der Waals surface area contributed by atoms with Gasteiger partial charge in [0.1, 0.15) is 0 Å². The SMILES string of the molecule is O=S(=O)([O-])[O-].[Cl-].[Ti+3]. The standard InChI is InChI=1S/ClH.H2O4S.Ti/c;1-5(2,3)4;/h1H;(H2,1,2,3,4);/q;;+3/p-3. The van der Waals surface area contributed by atoms with E-state index in [-0.39, 0.29) is 34.1 Å². The van der Waals surface area contributed by atoms with Crippen LogP contribution in [-0.4, -0.2) is 17.5 Å². The number of rotatable bonds is 0. The number of hydrogen-bond donors (Lipinski definition) is 0. The van der Waals surface area contributed by atoms with E-state index in [1.54, 1.807) is 0 Å². The monoisotopic (exact) mass is 179 g/mol. The molecule has 0 saturated carbocycles. The van der Waals surface area contributed by atoms with Crippen molar-refractivity contribution >= 4 is 10.4 Å². The van der Waals surface area contributed by atoms with Crippen LogP contribution in [-0.2, 0) is 32.1 Å². The average molecular weight is 179 g/mol. The Morgan fingerprint density at radius 3 is 1.14 bits per heavy atom. The zero-order valence-electron chi connectivity index (χ0n) is 2.92. The van der Waals surface area contributed by atoms with E-state index >= 15 is 0 Å². The smallest absolute Gasteiger partial charge is 1.00 e. The first-order valence-electron chi connectivity index (χ1n) is 0.667. The van der Waals surface area contributed by atoms with Crippen molar-refractivity contribution in [2.24, 2.45) is 0 Å². The Bertz CT molecular complexity index is 94.9. The second-order valence-electron chi connectivity index (χ2n) is 0.408. The summed E-state index contributed by atoms with van der Waals surface area (Å²) in [4.78, 5) is 0. The number of hydrogen-bond acceptors (Lipinski definition) is 4. The van der Waals surface area contributed by atoms with Crippen LogP contribution in [0.5, 0.6) is 0 Å². The Labute approximate surface area is 62.2 Å². The molecule has 0 N–H and O–H groups in total. The fourth-order valence-electron chi connectivity index (χ4n) is 0. The molecule has 0 spiro atoms. The molecule has 0 amide bonds. The van der Waals surface area contributed by atoms with Crippen LogP contribution in [0.1, 0.15) is 0 Å². The first-order valence-corrected chi connectivity index (χ1v) is 2.00. The van der Waals surface area contributed by atoms with E-state index < -0.39 is 10.4 Å². The predicted octanol–water partition coefficient (Wildman–Crippen LogP) is -4.34. The molecule has 0 rings (SSSR count). The van der Waals surface area contributed by atoms with Crippen molar-refractivity contribution < 1.29 is 51.6 Å². The van der Waals surface area contributed by atoms with Gasteiger partial charge in [-0.05, 0) is 0 Å². The van der Waals surface area contributed by atoms with Gasteiger partial charge in [0.25, 0.3) is 0 Å². The van der Waals surface area contributed by atoms with Crippen molar-refractivity contribution in [2.45, 2.75) is 0 Å². The molecule has 7 heteroatoms. The molecule has 0 aliphatic heterocycles. The van der Waals surface area contributed by atoms with E-state index in [2.05, 4.69) is 0 Å². The second kappa shape index (κ2) is 5.02. The van der Waals surface area contributed by atoms with E-state index in [1.807, 2.05) is 0 Å². The summed E-state index contributed by atoms with van der Waals surface area (Å²) in [5.41, 5.74) is 0. The summed E-state index contributed by atoms with van der Waals surface area (Å²) in [6.07, 6.45) is 0. The molecular weight excluding hydrogens is 179 g/mol. The molecule has 0 aromatic heterocycles. The molecular formula is ClO4STi. The minimum Gasteiger partial charge on any atom is -1.00 e. The van der Waals surface area contributed by atoms with Crippen molar-refractivity contribution in [3.05, 3.63) is 0 Å². The molecule has 0 fully saturated rings. The molecule has 0 heterocycles. The summed E-state index contributed by atoms with van der Waals surface area (Å²) in [7, 11) is -5.17. The Balaban J connectivity index is -0.0000000800. The second-order valence-corrected chi connectivity index (χ2v) is 1.22. The van der Waals surface area contributed by atoms with Crippen molar-refractivity contribution in [3.8, 4) is 0 Å². The van der Waals surface area contributed by atoms with Gasteiger partial charge in [0.2, 0.25) is 0 Å². The summed E-state index contributed by atoms with van der Waals surface area (Å²) < 4.78 is 34.1. The van der Waals surface area contributed by atoms with Crippen molar-refractivity contribution in [2.75, 3.05) is 0 Å². The summed E-state index contributed by atoms with van der Waals surface area (Å²) in [6.45, 7) is 0. The molecule has 7 heavy (non-hydrogen) atoms. The van der Waals surface area contributed by atoms with E-state index in [0.717, 1.165) is 0 Å². The average Bonchev–Trinajstić information content (AvgIpc) is 0.722. The Morgan fingerprint density at radius 1 is 1.14 bits per heavy atom. The van der Waals surface area contributed by atoms with Gasteiger partial charge in [-0.3, -0.25) is 8.42 Å². The van der Waals surface area contributed by atoms with Crippen LogP contribution in [0.15, 0.2) is 0 Å². The Hall–Kier alpha value is 0.874. The van der Waals surface area contributed by atoms with Gasteiger partial charge in [-0.2, -0.15) is 0 Å². The van der Waals surface area contributed by atoms with Gasteiger partial charge in [0.05, 0.1) is 0 Å². The van der Waals surface area contributed by atoms with Gasteiger partial charge in [0, 0.05) is 10.4 Å². The van der Waals surface area contributed by atoms with Crippen LogP contribution < -0.4 is 12.4 Å². The zero-order valence-corrected chi connectivity index (χ0v) is 6.05. The molecule has 0 aromatic carbocycles. The molecule has 0 atom stereocenters. The van der Waals surface area contributed by atoms with Crippen LogP contribution in [0.25, 0.3) is 0 Å². The predicted molar refractivity (Wildman–Crippen MR) is 10.5 cm³/mol. The fourth-order valence-corrected chi connectivity index (χ4v) is 0. The van der Waals surface area contributed by atoms with Gasteiger partial charge in [-0.25, -0.2) is 0 Å². The summed E-state index contributed by atoms with van der Waals surface area (Å²) in [6, 6.07) is 0. The third-order valence-electron chi connectivity index (χ3n) is 0. The van der Waals surface area contributed by atoms with Crippen LogP contribution in [0.3, 0.4) is 0 Å². The van der Waals surface area contributed by atoms with E-state index in [0.29, 0.717) is 0 Å².